The van der Waals surface area contributed by atoms with Gasteiger partial charge in [0.1, 0.15) is 0 Å². The van der Waals surface area contributed by atoms with Crippen molar-refractivity contribution in [2.24, 2.45) is 7.05 Å². The van der Waals surface area contributed by atoms with Gasteiger partial charge in [-0.25, -0.2) is 0 Å². The van der Waals surface area contributed by atoms with Crippen molar-refractivity contribution >= 4 is 22.6 Å². The predicted molar refractivity (Wildman–Crippen MR) is 91.8 cm³/mol. The second kappa shape index (κ2) is 7.22. The zero-order valence-corrected chi connectivity index (χ0v) is 14.5. The van der Waals surface area contributed by atoms with Crippen LogP contribution >= 0.6 is 22.6 Å². The van der Waals surface area contributed by atoms with Crippen molar-refractivity contribution in [3.63, 3.8) is 0 Å². The van der Waals surface area contributed by atoms with Gasteiger partial charge in [-0.05, 0) is 66.2 Å². The number of aromatic nitrogens is 2. The summed E-state index contributed by atoms with van der Waals surface area (Å²) in [6.45, 7) is 5.28. The summed E-state index contributed by atoms with van der Waals surface area (Å²) in [7, 11) is 2.02. The molecule has 0 aliphatic rings. The minimum absolute atomic E-state index is 0.347. The first kappa shape index (κ1) is 15.5. The Morgan fingerprint density at radius 3 is 2.75 bits per heavy atom. The molecule has 108 valence electrons. The Morgan fingerprint density at radius 1 is 1.35 bits per heavy atom. The van der Waals surface area contributed by atoms with Crippen LogP contribution < -0.4 is 5.32 Å². The van der Waals surface area contributed by atoms with Crippen LogP contribution in [0.15, 0.2) is 30.3 Å². The topological polar surface area (TPSA) is 29.9 Å². The molecular formula is C16H22IN3. The highest BCUT2D eigenvalue weighted by Crippen LogP contribution is 2.20. The van der Waals surface area contributed by atoms with Crippen LogP contribution in [-0.2, 0) is 13.5 Å². The maximum Gasteiger partial charge on any atom is 0.0596 e. The summed E-state index contributed by atoms with van der Waals surface area (Å²) in [6, 6.07) is 11.3. The molecule has 2 aromatic rings. The van der Waals surface area contributed by atoms with Crippen molar-refractivity contribution in [2.75, 3.05) is 6.54 Å². The monoisotopic (exact) mass is 383 g/mol. The van der Waals surface area contributed by atoms with Crippen LogP contribution in [0.5, 0.6) is 0 Å². The summed E-state index contributed by atoms with van der Waals surface area (Å²) in [5, 5.41) is 8.10. The number of aryl methyl sites for hydroxylation is 2. The van der Waals surface area contributed by atoms with Gasteiger partial charge in [-0.15, -0.1) is 0 Å². The van der Waals surface area contributed by atoms with Crippen LogP contribution in [0.3, 0.4) is 0 Å². The van der Waals surface area contributed by atoms with Crippen LogP contribution in [0.4, 0.5) is 0 Å². The molecule has 0 amide bonds. The molecule has 1 atom stereocenters. The van der Waals surface area contributed by atoms with E-state index in [1.54, 1.807) is 0 Å². The third kappa shape index (κ3) is 4.06. The lowest BCUT2D eigenvalue weighted by molar-refractivity contribution is 0.512. The van der Waals surface area contributed by atoms with Crippen molar-refractivity contribution in [1.82, 2.24) is 15.1 Å². The molecule has 0 aliphatic carbocycles. The molecule has 2 rings (SSSR count). The number of nitrogens with zero attached hydrogens (tertiary/aromatic N) is 2. The summed E-state index contributed by atoms with van der Waals surface area (Å²) >= 11 is 2.37. The Kier molecular flexibility index (Phi) is 5.60. The molecule has 1 aromatic carbocycles. The molecule has 1 unspecified atom stereocenters. The highest BCUT2D eigenvalue weighted by Gasteiger charge is 2.14. The fourth-order valence-corrected chi connectivity index (χ4v) is 2.98. The lowest BCUT2D eigenvalue weighted by Crippen LogP contribution is -2.25. The summed E-state index contributed by atoms with van der Waals surface area (Å²) in [4.78, 5) is 0. The number of hydrogen-bond acceptors (Lipinski definition) is 2. The zero-order chi connectivity index (χ0) is 14.5. The minimum atomic E-state index is 0.347. The summed E-state index contributed by atoms with van der Waals surface area (Å²) in [5.74, 6) is 0. The molecule has 0 saturated heterocycles. The summed E-state index contributed by atoms with van der Waals surface area (Å²) < 4.78 is 3.27. The van der Waals surface area contributed by atoms with Gasteiger partial charge >= 0.3 is 0 Å². The van der Waals surface area contributed by atoms with Gasteiger partial charge in [-0.1, -0.05) is 19.1 Å². The normalized spacial score (nSPS) is 12.6. The molecule has 1 heterocycles. The smallest absolute Gasteiger partial charge is 0.0596 e. The van der Waals surface area contributed by atoms with Gasteiger partial charge < -0.3 is 5.32 Å². The van der Waals surface area contributed by atoms with Crippen LogP contribution in [0, 0.1) is 10.5 Å². The molecular weight excluding hydrogens is 361 g/mol. The van der Waals surface area contributed by atoms with Crippen molar-refractivity contribution in [3.8, 4) is 0 Å². The molecule has 0 radical (unpaired) electrons. The van der Waals surface area contributed by atoms with E-state index in [-0.39, 0.29) is 0 Å². The lowest BCUT2D eigenvalue weighted by atomic mass is 10.0. The third-order valence-corrected chi connectivity index (χ3v) is 4.07. The molecule has 4 heteroatoms. The first-order valence-corrected chi connectivity index (χ1v) is 8.16. The molecule has 0 fully saturated rings. The molecule has 0 spiro atoms. The Balaban J connectivity index is 2.21. The first-order valence-electron chi connectivity index (χ1n) is 7.08. The molecule has 1 N–H and O–H groups in total. The zero-order valence-electron chi connectivity index (χ0n) is 12.4. The quantitative estimate of drug-likeness (QED) is 0.773. The maximum atomic E-state index is 4.44. The van der Waals surface area contributed by atoms with Gasteiger partial charge in [0.25, 0.3) is 0 Å². The first-order chi connectivity index (χ1) is 9.60. The van der Waals surface area contributed by atoms with Crippen molar-refractivity contribution in [3.05, 3.63) is 50.9 Å². The van der Waals surface area contributed by atoms with E-state index in [1.165, 1.54) is 14.8 Å². The van der Waals surface area contributed by atoms with Gasteiger partial charge in [0.2, 0.25) is 0 Å². The van der Waals surface area contributed by atoms with E-state index < -0.39 is 0 Å². The van der Waals surface area contributed by atoms with Gasteiger partial charge in [0.15, 0.2) is 0 Å². The van der Waals surface area contributed by atoms with E-state index >= 15 is 0 Å². The average molecular weight is 383 g/mol. The van der Waals surface area contributed by atoms with Crippen LogP contribution in [0.25, 0.3) is 0 Å². The second-order valence-electron chi connectivity index (χ2n) is 5.17. The van der Waals surface area contributed by atoms with Gasteiger partial charge in [0, 0.05) is 28.8 Å². The Bertz CT molecular complexity index is 563. The fourth-order valence-electron chi connectivity index (χ4n) is 2.41. The Morgan fingerprint density at radius 2 is 2.15 bits per heavy atom. The fraction of sp³-hybridized carbons (Fsp3) is 0.438. The van der Waals surface area contributed by atoms with E-state index in [2.05, 4.69) is 70.3 Å². The third-order valence-electron chi connectivity index (χ3n) is 3.40. The standard InChI is InChI=1S/C16H22IN3/c1-4-8-18-16(13-6-5-7-14(17)10-13)11-15-9-12(2)19-20(15)3/h5-7,9-10,16,18H,4,8,11H2,1-3H3. The highest BCUT2D eigenvalue weighted by molar-refractivity contribution is 14.1. The number of halogens is 1. The van der Waals surface area contributed by atoms with Crippen LogP contribution in [0.2, 0.25) is 0 Å². The van der Waals surface area contributed by atoms with E-state index in [9.17, 15) is 0 Å². The minimum Gasteiger partial charge on any atom is -0.310 e. The van der Waals surface area contributed by atoms with Crippen LogP contribution in [0.1, 0.15) is 36.3 Å². The van der Waals surface area contributed by atoms with Crippen molar-refractivity contribution in [2.45, 2.75) is 32.7 Å². The Hall–Kier alpha value is -0.880. The predicted octanol–water partition coefficient (Wildman–Crippen LogP) is 3.62. The van der Waals surface area contributed by atoms with Gasteiger partial charge in [0.05, 0.1) is 5.69 Å². The van der Waals surface area contributed by atoms with E-state index in [0.717, 1.165) is 25.1 Å². The molecule has 20 heavy (non-hydrogen) atoms. The van der Waals surface area contributed by atoms with Gasteiger partial charge in [-0.2, -0.15) is 5.10 Å². The van der Waals surface area contributed by atoms with Crippen molar-refractivity contribution < 1.29 is 0 Å². The maximum absolute atomic E-state index is 4.44. The molecule has 0 saturated carbocycles. The lowest BCUT2D eigenvalue weighted by Gasteiger charge is -2.19. The highest BCUT2D eigenvalue weighted by atomic mass is 127. The van der Waals surface area contributed by atoms with Crippen LogP contribution in [-0.4, -0.2) is 16.3 Å². The van der Waals surface area contributed by atoms with Gasteiger partial charge in [-0.3, -0.25) is 4.68 Å². The molecule has 3 nitrogen and oxygen atoms in total. The largest absolute Gasteiger partial charge is 0.310 e. The number of hydrogen-bond donors (Lipinski definition) is 1. The average Bonchev–Trinajstić information content (AvgIpc) is 2.72. The van der Waals surface area contributed by atoms with E-state index in [0.29, 0.717) is 6.04 Å². The van der Waals surface area contributed by atoms with E-state index in [1.807, 2.05) is 18.7 Å². The molecule has 1 aromatic heterocycles. The summed E-state index contributed by atoms with van der Waals surface area (Å²) in [6.07, 6.45) is 2.11. The van der Waals surface area contributed by atoms with E-state index in [4.69, 9.17) is 0 Å². The SMILES string of the molecule is CCCNC(Cc1cc(C)nn1C)c1cccc(I)c1. The number of nitrogens with one attached hydrogen (secondary N) is 1. The molecule has 0 bridgehead atoms. The van der Waals surface area contributed by atoms with Crippen molar-refractivity contribution in [1.29, 1.82) is 0 Å². The summed E-state index contributed by atoms with van der Waals surface area (Å²) in [5.41, 5.74) is 3.71. The molecule has 0 aliphatic heterocycles. The number of rotatable bonds is 6. The second-order valence-corrected chi connectivity index (χ2v) is 6.41. The number of benzene rings is 1. The Labute approximate surface area is 134 Å².